The Balaban J connectivity index is 1.59. The van der Waals surface area contributed by atoms with E-state index < -0.39 is 0 Å². The van der Waals surface area contributed by atoms with E-state index in [2.05, 4.69) is 37.3 Å². The van der Waals surface area contributed by atoms with Gasteiger partial charge in [0, 0.05) is 18.7 Å². The van der Waals surface area contributed by atoms with Crippen LogP contribution in [-0.4, -0.2) is 26.5 Å². The van der Waals surface area contributed by atoms with Crippen LogP contribution in [0.25, 0.3) is 0 Å². The van der Waals surface area contributed by atoms with E-state index in [1.165, 1.54) is 22.3 Å². The summed E-state index contributed by atoms with van der Waals surface area (Å²) in [6.45, 7) is 3.42. The van der Waals surface area contributed by atoms with Crippen molar-refractivity contribution in [1.29, 1.82) is 0 Å². The van der Waals surface area contributed by atoms with Crippen LogP contribution in [-0.2, 0) is 19.4 Å². The fourth-order valence-corrected chi connectivity index (χ4v) is 3.82. The minimum atomic E-state index is 0.503. The Kier molecular flexibility index (Phi) is 6.03. The van der Waals surface area contributed by atoms with Crippen molar-refractivity contribution in [2.75, 3.05) is 20.8 Å². The molecule has 1 heterocycles. The molecule has 3 aromatic carbocycles. The maximum absolute atomic E-state index is 6.12. The molecule has 0 atom stereocenters. The van der Waals surface area contributed by atoms with Crippen LogP contribution in [0.4, 0.5) is 0 Å². The van der Waals surface area contributed by atoms with Gasteiger partial charge in [-0.2, -0.15) is 0 Å². The van der Waals surface area contributed by atoms with E-state index in [4.69, 9.17) is 19.2 Å². The van der Waals surface area contributed by atoms with Crippen LogP contribution in [0.1, 0.15) is 27.8 Å². The van der Waals surface area contributed by atoms with Crippen molar-refractivity contribution in [3.05, 3.63) is 88.5 Å². The molecule has 4 heteroatoms. The second-order valence-electron chi connectivity index (χ2n) is 7.48. The number of fused-ring (bicyclic) bond motifs is 1. The third kappa shape index (κ3) is 4.33. The van der Waals surface area contributed by atoms with Crippen LogP contribution in [0, 0.1) is 6.92 Å². The largest absolute Gasteiger partial charge is 0.497 e. The fourth-order valence-electron chi connectivity index (χ4n) is 3.82. The van der Waals surface area contributed by atoms with Crippen LogP contribution >= 0.6 is 0 Å². The molecule has 0 aliphatic carbocycles. The highest BCUT2D eigenvalue weighted by atomic mass is 16.5. The summed E-state index contributed by atoms with van der Waals surface area (Å²) in [5.41, 5.74) is 7.11. The quantitative estimate of drug-likeness (QED) is 0.548. The van der Waals surface area contributed by atoms with Crippen molar-refractivity contribution in [3.8, 4) is 17.2 Å². The predicted octanol–water partition coefficient (Wildman–Crippen LogP) is 5.18. The van der Waals surface area contributed by atoms with Gasteiger partial charge in [-0.3, -0.25) is 4.99 Å². The van der Waals surface area contributed by atoms with Gasteiger partial charge in [0.25, 0.3) is 0 Å². The lowest BCUT2D eigenvalue weighted by Crippen LogP contribution is -2.16. The van der Waals surface area contributed by atoms with E-state index in [0.717, 1.165) is 47.9 Å². The topological polar surface area (TPSA) is 40.0 Å². The van der Waals surface area contributed by atoms with Gasteiger partial charge in [-0.1, -0.05) is 30.3 Å². The first-order valence-electron chi connectivity index (χ1n) is 10.2. The fraction of sp³-hybridized carbons (Fsp3) is 0.269. The number of nitrogens with zero attached hydrogens (tertiary/aromatic N) is 1. The lowest BCUT2D eigenvalue weighted by atomic mass is 9.92. The number of benzene rings is 3. The minimum Gasteiger partial charge on any atom is -0.497 e. The highest BCUT2D eigenvalue weighted by Crippen LogP contribution is 2.33. The molecule has 0 amide bonds. The second-order valence-corrected chi connectivity index (χ2v) is 7.48. The Labute approximate surface area is 178 Å². The third-order valence-electron chi connectivity index (χ3n) is 5.52. The molecule has 0 fully saturated rings. The van der Waals surface area contributed by atoms with Gasteiger partial charge in [0.15, 0.2) is 11.5 Å². The molecule has 30 heavy (non-hydrogen) atoms. The van der Waals surface area contributed by atoms with Crippen LogP contribution in [0.15, 0.2) is 65.7 Å². The zero-order valence-corrected chi connectivity index (χ0v) is 17.8. The number of hydrogen-bond acceptors (Lipinski definition) is 4. The van der Waals surface area contributed by atoms with Crippen molar-refractivity contribution >= 4 is 5.71 Å². The molecule has 0 saturated heterocycles. The summed E-state index contributed by atoms with van der Waals surface area (Å²) in [5.74, 6) is 2.41. The van der Waals surface area contributed by atoms with Gasteiger partial charge in [-0.25, -0.2) is 0 Å². The van der Waals surface area contributed by atoms with E-state index >= 15 is 0 Å². The van der Waals surface area contributed by atoms with Crippen molar-refractivity contribution in [2.45, 2.75) is 26.4 Å². The Morgan fingerprint density at radius 3 is 2.50 bits per heavy atom. The molecule has 4 nitrogen and oxygen atoms in total. The number of aryl methyl sites for hydroxylation is 1. The van der Waals surface area contributed by atoms with Gasteiger partial charge in [0.2, 0.25) is 0 Å². The molecule has 0 unspecified atom stereocenters. The summed E-state index contributed by atoms with van der Waals surface area (Å²) >= 11 is 0. The molecule has 0 spiro atoms. The lowest BCUT2D eigenvalue weighted by molar-refractivity contribution is 0.284. The highest BCUT2D eigenvalue weighted by molar-refractivity contribution is 6.04. The first-order valence-corrected chi connectivity index (χ1v) is 10.2. The number of ether oxygens (including phenoxy) is 3. The first kappa shape index (κ1) is 20.0. The van der Waals surface area contributed by atoms with Gasteiger partial charge in [-0.05, 0) is 71.5 Å². The summed E-state index contributed by atoms with van der Waals surface area (Å²) in [6.07, 6.45) is 1.71. The molecular weight excluding hydrogens is 374 g/mol. The van der Waals surface area contributed by atoms with Crippen molar-refractivity contribution in [3.63, 3.8) is 0 Å². The summed E-state index contributed by atoms with van der Waals surface area (Å²) < 4.78 is 17.1. The monoisotopic (exact) mass is 401 g/mol. The molecule has 154 valence electrons. The number of methoxy groups -OCH3 is 2. The van der Waals surface area contributed by atoms with E-state index in [1.54, 1.807) is 14.2 Å². The van der Waals surface area contributed by atoms with E-state index in [-0.39, 0.29) is 0 Å². The zero-order valence-electron chi connectivity index (χ0n) is 17.8. The Morgan fingerprint density at radius 1 is 0.900 bits per heavy atom. The van der Waals surface area contributed by atoms with Gasteiger partial charge < -0.3 is 14.2 Å². The Morgan fingerprint density at radius 2 is 1.73 bits per heavy atom. The summed E-state index contributed by atoms with van der Waals surface area (Å²) in [5, 5.41) is 0. The predicted molar refractivity (Wildman–Crippen MR) is 120 cm³/mol. The van der Waals surface area contributed by atoms with Gasteiger partial charge >= 0.3 is 0 Å². The number of aliphatic imine (C=N–C) groups is 1. The van der Waals surface area contributed by atoms with Crippen LogP contribution < -0.4 is 14.2 Å². The zero-order chi connectivity index (χ0) is 20.9. The highest BCUT2D eigenvalue weighted by Gasteiger charge is 2.18. The van der Waals surface area contributed by atoms with Crippen molar-refractivity contribution in [1.82, 2.24) is 0 Å². The van der Waals surface area contributed by atoms with Gasteiger partial charge in [0.05, 0.1) is 14.2 Å². The molecule has 1 aliphatic heterocycles. The number of hydrogen-bond donors (Lipinski definition) is 0. The maximum Gasteiger partial charge on any atom is 0.161 e. The first-order chi connectivity index (χ1) is 14.7. The number of rotatable bonds is 7. The molecule has 0 radical (unpaired) electrons. The normalized spacial score (nSPS) is 12.7. The summed E-state index contributed by atoms with van der Waals surface area (Å²) in [4.78, 5) is 4.83. The van der Waals surface area contributed by atoms with Crippen LogP contribution in [0.3, 0.4) is 0 Å². The molecule has 0 saturated carbocycles. The van der Waals surface area contributed by atoms with Crippen LogP contribution in [0.2, 0.25) is 0 Å². The summed E-state index contributed by atoms with van der Waals surface area (Å²) in [6, 6.07) is 20.6. The molecule has 0 aromatic heterocycles. The van der Waals surface area contributed by atoms with E-state index in [1.807, 2.05) is 30.3 Å². The lowest BCUT2D eigenvalue weighted by Gasteiger charge is -2.20. The molecular formula is C26H27NO3. The molecule has 3 aromatic rings. The van der Waals surface area contributed by atoms with Crippen molar-refractivity contribution in [2.24, 2.45) is 4.99 Å². The van der Waals surface area contributed by atoms with Crippen LogP contribution in [0.5, 0.6) is 17.2 Å². The molecule has 1 aliphatic rings. The van der Waals surface area contributed by atoms with E-state index in [9.17, 15) is 0 Å². The standard InChI is InChI=1S/C26H27NO3/c1-18-13-25(29-3)26(30-17-19-7-5-4-6-8-19)16-21(18)15-24-23-10-9-22(28-2)14-20(23)11-12-27-24/h4-10,13-14,16H,11-12,15,17H2,1-3H3. The Bertz CT molecular complexity index is 1060. The average molecular weight is 402 g/mol. The SMILES string of the molecule is COc1ccc2c(c1)CCN=C2Cc1cc(OCc2ccccc2)c(OC)cc1C. The van der Waals surface area contributed by atoms with E-state index in [0.29, 0.717) is 6.61 Å². The smallest absolute Gasteiger partial charge is 0.161 e. The van der Waals surface area contributed by atoms with Gasteiger partial charge in [-0.15, -0.1) is 0 Å². The maximum atomic E-state index is 6.12. The molecule has 4 rings (SSSR count). The van der Waals surface area contributed by atoms with Gasteiger partial charge in [0.1, 0.15) is 12.4 Å². The second kappa shape index (κ2) is 9.04. The Hall–Kier alpha value is -3.27. The summed E-state index contributed by atoms with van der Waals surface area (Å²) in [7, 11) is 3.38. The minimum absolute atomic E-state index is 0.503. The average Bonchev–Trinajstić information content (AvgIpc) is 2.79. The third-order valence-corrected chi connectivity index (χ3v) is 5.52. The molecule has 0 bridgehead atoms. The molecule has 0 N–H and O–H groups in total. The van der Waals surface area contributed by atoms with Crippen molar-refractivity contribution < 1.29 is 14.2 Å².